The number of ketones is 3. The third-order valence-corrected chi connectivity index (χ3v) is 7.18. The third-order valence-electron chi connectivity index (χ3n) is 7.18. The summed E-state index contributed by atoms with van der Waals surface area (Å²) in [5.74, 6) is -1.46. The van der Waals surface area contributed by atoms with Crippen LogP contribution in [-0.4, -0.2) is 29.1 Å². The van der Waals surface area contributed by atoms with Gasteiger partial charge in [-0.3, -0.25) is 14.4 Å². The highest BCUT2D eigenvalue weighted by molar-refractivity contribution is 6.34. The Bertz CT molecular complexity index is 1010. The average molecular weight is 408 g/mol. The van der Waals surface area contributed by atoms with Crippen molar-refractivity contribution < 1.29 is 24.2 Å². The van der Waals surface area contributed by atoms with E-state index >= 15 is 0 Å². The third kappa shape index (κ3) is 2.61. The monoisotopic (exact) mass is 408 g/mol. The fourth-order valence-electron chi connectivity index (χ4n) is 5.24. The van der Waals surface area contributed by atoms with Crippen LogP contribution in [0.2, 0.25) is 0 Å². The summed E-state index contributed by atoms with van der Waals surface area (Å²) >= 11 is 0. The van der Waals surface area contributed by atoms with Crippen molar-refractivity contribution in [1.82, 2.24) is 0 Å². The van der Waals surface area contributed by atoms with Gasteiger partial charge in [-0.05, 0) is 56.7 Å². The van der Waals surface area contributed by atoms with Crippen LogP contribution < -0.4 is 4.74 Å². The molecule has 4 rings (SSSR count). The first-order valence-electron chi connectivity index (χ1n) is 10.5. The number of ether oxygens (including phenoxy) is 1. The van der Waals surface area contributed by atoms with Gasteiger partial charge in [0.2, 0.25) is 0 Å². The second-order valence-electron chi connectivity index (χ2n) is 9.30. The molecule has 1 heterocycles. The van der Waals surface area contributed by atoms with Gasteiger partial charge in [0.1, 0.15) is 18.5 Å². The lowest BCUT2D eigenvalue weighted by Crippen LogP contribution is -2.60. The molecule has 1 aromatic rings. The zero-order chi connectivity index (χ0) is 21.8. The summed E-state index contributed by atoms with van der Waals surface area (Å²) in [6.07, 6.45) is 3.43. The van der Waals surface area contributed by atoms with Gasteiger partial charge in [0.25, 0.3) is 0 Å². The van der Waals surface area contributed by atoms with Crippen LogP contribution in [0.3, 0.4) is 0 Å². The average Bonchev–Trinajstić information content (AvgIpc) is 2.92. The first kappa shape index (κ1) is 20.7. The molecule has 3 bridgehead atoms. The van der Waals surface area contributed by atoms with Crippen LogP contribution in [-0.2, 0) is 9.59 Å². The molecule has 30 heavy (non-hydrogen) atoms. The van der Waals surface area contributed by atoms with Crippen molar-refractivity contribution in [3.63, 3.8) is 0 Å². The number of rotatable bonds is 2. The van der Waals surface area contributed by atoms with Crippen molar-refractivity contribution >= 4 is 17.3 Å². The molecular formula is C25H28O5. The molecule has 1 unspecified atom stereocenters. The van der Waals surface area contributed by atoms with Crippen molar-refractivity contribution in [2.75, 3.05) is 6.61 Å². The Morgan fingerprint density at radius 3 is 2.70 bits per heavy atom. The number of Topliss-reactive ketones (excluding diaryl/α,β-unsaturated/α-hetero) is 3. The second-order valence-corrected chi connectivity index (χ2v) is 9.30. The summed E-state index contributed by atoms with van der Waals surface area (Å²) in [6.45, 7) is 8.06. The van der Waals surface area contributed by atoms with Crippen LogP contribution in [0.4, 0.5) is 0 Å². The summed E-state index contributed by atoms with van der Waals surface area (Å²) in [7, 11) is 0. The zero-order valence-electron chi connectivity index (χ0n) is 18.0. The summed E-state index contributed by atoms with van der Waals surface area (Å²) in [5.41, 5.74) is -0.497. The number of carbonyl (C=O) groups is 3. The van der Waals surface area contributed by atoms with Crippen LogP contribution in [0.1, 0.15) is 69.0 Å². The van der Waals surface area contributed by atoms with Gasteiger partial charge >= 0.3 is 0 Å². The van der Waals surface area contributed by atoms with E-state index in [-0.39, 0.29) is 24.5 Å². The van der Waals surface area contributed by atoms with Gasteiger partial charge in [0, 0.05) is 11.8 Å². The molecule has 1 aromatic carbocycles. The fourth-order valence-corrected chi connectivity index (χ4v) is 5.24. The largest absolute Gasteiger partial charge is 0.488 e. The van der Waals surface area contributed by atoms with E-state index in [0.717, 1.165) is 11.1 Å². The minimum absolute atomic E-state index is 0.0855. The molecule has 5 heteroatoms. The van der Waals surface area contributed by atoms with Crippen molar-refractivity contribution in [3.8, 4) is 5.75 Å². The van der Waals surface area contributed by atoms with Crippen molar-refractivity contribution in [2.24, 2.45) is 16.7 Å². The van der Waals surface area contributed by atoms with Crippen LogP contribution >= 0.6 is 0 Å². The van der Waals surface area contributed by atoms with Gasteiger partial charge in [-0.25, -0.2) is 0 Å². The summed E-state index contributed by atoms with van der Waals surface area (Å²) in [4.78, 5) is 41.3. The molecule has 1 N–H and O–H groups in total. The van der Waals surface area contributed by atoms with E-state index in [9.17, 15) is 19.5 Å². The van der Waals surface area contributed by atoms with Gasteiger partial charge in [-0.1, -0.05) is 36.8 Å². The molecule has 0 radical (unpaired) electrons. The highest BCUT2D eigenvalue weighted by atomic mass is 16.5. The molecule has 3 aliphatic rings. The van der Waals surface area contributed by atoms with Crippen molar-refractivity contribution in [3.05, 3.63) is 52.6 Å². The standard InChI is InChI=1S/C25H28O5/c1-14(2)8-10-24-11-9-15(3)13-30-18-7-5-6-17-20(18)22(28)25(21(17)27,23(24)29)19(26)12-16(24)4/h5-9,16,21,27H,10-13H2,1-4H3/t16-,21+,24?,25+/m0/s1. The number of carbonyl (C=O) groups excluding carboxylic acids is 3. The Labute approximate surface area is 176 Å². The van der Waals surface area contributed by atoms with Crippen molar-refractivity contribution in [1.29, 1.82) is 0 Å². The Morgan fingerprint density at radius 1 is 1.27 bits per heavy atom. The number of aliphatic hydroxyl groups is 1. The molecule has 0 aromatic heterocycles. The van der Waals surface area contributed by atoms with E-state index in [1.165, 1.54) is 0 Å². The number of allylic oxidation sites excluding steroid dienone is 3. The molecule has 1 aliphatic heterocycles. The van der Waals surface area contributed by atoms with Gasteiger partial charge in [-0.15, -0.1) is 0 Å². The number of aliphatic hydroxyl groups excluding tert-OH is 1. The van der Waals surface area contributed by atoms with E-state index in [4.69, 9.17) is 4.74 Å². The predicted molar refractivity (Wildman–Crippen MR) is 112 cm³/mol. The molecular weight excluding hydrogens is 380 g/mol. The van der Waals surface area contributed by atoms with Crippen LogP contribution in [0.5, 0.6) is 5.75 Å². The summed E-state index contributed by atoms with van der Waals surface area (Å²) < 4.78 is 5.90. The number of hydrogen-bond donors (Lipinski definition) is 1. The smallest absolute Gasteiger partial charge is 0.191 e. The summed E-state index contributed by atoms with van der Waals surface area (Å²) in [5, 5.41) is 11.3. The van der Waals surface area contributed by atoms with Crippen LogP contribution in [0.25, 0.3) is 0 Å². The van der Waals surface area contributed by atoms with Crippen LogP contribution in [0.15, 0.2) is 41.5 Å². The first-order valence-corrected chi connectivity index (χ1v) is 10.5. The molecule has 1 fully saturated rings. The minimum atomic E-state index is -2.07. The lowest BCUT2D eigenvalue weighted by molar-refractivity contribution is -0.160. The van der Waals surface area contributed by atoms with Gasteiger partial charge < -0.3 is 9.84 Å². The van der Waals surface area contributed by atoms with E-state index in [1.54, 1.807) is 18.2 Å². The maximum Gasteiger partial charge on any atom is 0.191 e. The number of benzene rings is 1. The molecule has 158 valence electrons. The van der Waals surface area contributed by atoms with E-state index in [1.807, 2.05) is 39.8 Å². The highest BCUT2D eigenvalue weighted by Crippen LogP contribution is 2.59. The van der Waals surface area contributed by atoms with E-state index in [0.29, 0.717) is 24.2 Å². The van der Waals surface area contributed by atoms with Crippen LogP contribution in [0, 0.1) is 16.7 Å². The summed E-state index contributed by atoms with van der Waals surface area (Å²) in [6, 6.07) is 4.96. The lowest BCUT2D eigenvalue weighted by Gasteiger charge is -2.47. The maximum absolute atomic E-state index is 14.2. The lowest BCUT2D eigenvalue weighted by atomic mass is 9.52. The molecule has 1 spiro atoms. The Morgan fingerprint density at radius 2 is 2.00 bits per heavy atom. The van der Waals surface area contributed by atoms with Gasteiger partial charge in [0.05, 0.1) is 5.56 Å². The molecule has 4 atom stereocenters. The molecule has 5 nitrogen and oxygen atoms in total. The normalized spacial score (nSPS) is 32.8. The molecule has 0 amide bonds. The Hall–Kier alpha value is -2.53. The second kappa shape index (κ2) is 7.02. The molecule has 2 aliphatic carbocycles. The number of fused-ring (bicyclic) bond motifs is 1. The van der Waals surface area contributed by atoms with Gasteiger partial charge in [0.15, 0.2) is 22.8 Å². The predicted octanol–water partition coefficient (Wildman–Crippen LogP) is 4.15. The molecule has 1 saturated carbocycles. The Kier molecular flexibility index (Phi) is 4.85. The topological polar surface area (TPSA) is 80.7 Å². The number of hydrogen-bond acceptors (Lipinski definition) is 5. The molecule has 0 saturated heterocycles. The van der Waals surface area contributed by atoms with E-state index < -0.39 is 34.3 Å². The Balaban J connectivity index is 2.02. The highest BCUT2D eigenvalue weighted by Gasteiger charge is 2.70. The SMILES string of the molecule is CC(C)=CCC12CC=C(C)COc3cccc4c3C(=O)[C@](C(=O)C[C@@H]1C)(C2=O)[C@@H]4O. The van der Waals surface area contributed by atoms with Gasteiger partial charge in [-0.2, -0.15) is 0 Å². The zero-order valence-corrected chi connectivity index (χ0v) is 18.0. The fraction of sp³-hybridized carbons (Fsp3) is 0.480. The van der Waals surface area contributed by atoms with Crippen molar-refractivity contribution in [2.45, 2.75) is 53.1 Å². The maximum atomic E-state index is 14.2. The minimum Gasteiger partial charge on any atom is -0.488 e. The first-order chi connectivity index (χ1) is 14.2. The quantitative estimate of drug-likeness (QED) is 0.587. The van der Waals surface area contributed by atoms with E-state index in [2.05, 4.69) is 0 Å².